The third-order valence-corrected chi connectivity index (χ3v) is 4.00. The fraction of sp³-hybridized carbons (Fsp3) is 0.444. The average molecular weight is 357 g/mol. The van der Waals surface area contributed by atoms with Crippen molar-refractivity contribution in [1.29, 1.82) is 0 Å². The first kappa shape index (κ1) is 18.6. The van der Waals surface area contributed by atoms with Crippen molar-refractivity contribution in [1.82, 2.24) is 4.98 Å². The van der Waals surface area contributed by atoms with Gasteiger partial charge in [0.25, 0.3) is 0 Å². The molecule has 1 aromatic carbocycles. The summed E-state index contributed by atoms with van der Waals surface area (Å²) in [5.41, 5.74) is 2.88. The maximum Gasteiger partial charge on any atom is 0.0346 e. The van der Waals surface area contributed by atoms with Gasteiger partial charge in [-0.3, -0.25) is 4.98 Å². The molecule has 0 fully saturated rings. The largest absolute Gasteiger partial charge is 0.684 e. The van der Waals surface area contributed by atoms with E-state index in [1.165, 1.54) is 22.3 Å². The summed E-state index contributed by atoms with van der Waals surface area (Å²) >= 11 is 0. The van der Waals surface area contributed by atoms with Crippen LogP contribution in [0.4, 0.5) is 5.69 Å². The number of benzene rings is 1. The fourth-order valence-corrected chi connectivity index (χ4v) is 1.91. The molecular formula is C18H24N2Y-2. The van der Waals surface area contributed by atoms with Crippen LogP contribution in [-0.2, 0) is 39.1 Å². The van der Waals surface area contributed by atoms with Crippen molar-refractivity contribution in [3.8, 4) is 0 Å². The van der Waals surface area contributed by atoms with Crippen molar-refractivity contribution >= 4 is 16.5 Å². The third-order valence-electron chi connectivity index (χ3n) is 4.00. The molecule has 1 aromatic heterocycles. The van der Waals surface area contributed by atoms with Crippen molar-refractivity contribution < 1.29 is 32.7 Å². The van der Waals surface area contributed by atoms with Crippen molar-refractivity contribution in [3.05, 3.63) is 47.4 Å². The zero-order chi connectivity index (χ0) is 14.8. The monoisotopic (exact) mass is 357 g/mol. The molecule has 1 aliphatic rings. The van der Waals surface area contributed by atoms with Gasteiger partial charge in [0, 0.05) is 45.1 Å². The van der Waals surface area contributed by atoms with E-state index in [2.05, 4.69) is 57.1 Å². The molecule has 21 heavy (non-hydrogen) atoms. The summed E-state index contributed by atoms with van der Waals surface area (Å²) < 4.78 is 0. The SMILES string of the molecule is C[C-](C)C(C)(C)C.[Y].c1cc2c3c(cncc3c1)CC[N-]2. The molecule has 0 atom stereocenters. The molecule has 111 valence electrons. The molecular weight excluding hydrogens is 333 g/mol. The van der Waals surface area contributed by atoms with Crippen LogP contribution in [0, 0.1) is 11.3 Å². The molecule has 0 N–H and O–H groups in total. The summed E-state index contributed by atoms with van der Waals surface area (Å²) in [5.74, 6) is 1.49. The third kappa shape index (κ3) is 4.76. The summed E-state index contributed by atoms with van der Waals surface area (Å²) in [4.78, 5) is 4.22. The van der Waals surface area contributed by atoms with E-state index >= 15 is 0 Å². The summed E-state index contributed by atoms with van der Waals surface area (Å²) in [6, 6.07) is 6.21. The topological polar surface area (TPSA) is 27.0 Å². The smallest absolute Gasteiger partial charge is 0.0346 e. The molecule has 0 spiro atoms. The minimum Gasteiger partial charge on any atom is -0.684 e. The first-order valence-electron chi connectivity index (χ1n) is 7.23. The maximum atomic E-state index is 4.48. The number of pyridine rings is 1. The maximum absolute atomic E-state index is 4.48. The van der Waals surface area contributed by atoms with Crippen LogP contribution in [0.25, 0.3) is 16.1 Å². The van der Waals surface area contributed by atoms with Gasteiger partial charge < -0.3 is 11.2 Å². The van der Waals surface area contributed by atoms with E-state index < -0.39 is 0 Å². The molecule has 3 heteroatoms. The van der Waals surface area contributed by atoms with E-state index in [1.807, 2.05) is 18.5 Å². The summed E-state index contributed by atoms with van der Waals surface area (Å²) in [6.45, 7) is 11.9. The van der Waals surface area contributed by atoms with Gasteiger partial charge in [-0.2, -0.15) is 19.3 Å². The number of aromatic nitrogens is 1. The van der Waals surface area contributed by atoms with Crippen LogP contribution >= 0.6 is 0 Å². The number of hydrogen-bond acceptors (Lipinski definition) is 1. The Morgan fingerprint density at radius 2 is 1.81 bits per heavy atom. The molecule has 0 unspecified atom stereocenters. The van der Waals surface area contributed by atoms with E-state index in [4.69, 9.17) is 0 Å². The van der Waals surface area contributed by atoms with Crippen LogP contribution in [0.1, 0.15) is 40.2 Å². The van der Waals surface area contributed by atoms with Crippen LogP contribution in [0.15, 0.2) is 30.6 Å². The second-order valence-electron chi connectivity index (χ2n) is 6.56. The van der Waals surface area contributed by atoms with Crippen LogP contribution in [0.2, 0.25) is 0 Å². The Morgan fingerprint density at radius 1 is 1.14 bits per heavy atom. The van der Waals surface area contributed by atoms with Crippen LogP contribution < -0.4 is 0 Å². The standard InChI is InChI=1S/C11H9N2.C7H15.Y/c1-2-8-6-12-7-9-4-5-13-10(3-1)11(8)9;1-6(2)7(3,4)5;/h1-3,6-7H,4-5H2;1-5H3;/q2*-1;. The van der Waals surface area contributed by atoms with E-state index in [1.54, 1.807) is 0 Å². The molecule has 0 aliphatic carbocycles. The molecule has 0 amide bonds. The van der Waals surface area contributed by atoms with Crippen LogP contribution in [0.3, 0.4) is 0 Å². The minimum absolute atomic E-state index is 0. The van der Waals surface area contributed by atoms with Gasteiger partial charge >= 0.3 is 0 Å². The number of rotatable bonds is 0. The van der Waals surface area contributed by atoms with E-state index in [-0.39, 0.29) is 32.7 Å². The predicted molar refractivity (Wildman–Crippen MR) is 87.4 cm³/mol. The van der Waals surface area contributed by atoms with Gasteiger partial charge in [-0.25, -0.2) is 0 Å². The Morgan fingerprint density at radius 3 is 2.43 bits per heavy atom. The summed E-state index contributed by atoms with van der Waals surface area (Å²) in [5, 5.41) is 6.99. The Balaban J connectivity index is 0.000000242. The zero-order valence-electron chi connectivity index (χ0n) is 13.8. The molecule has 2 heterocycles. The van der Waals surface area contributed by atoms with Crippen molar-refractivity contribution in [2.45, 2.75) is 41.0 Å². The van der Waals surface area contributed by atoms with Crippen molar-refractivity contribution in [2.24, 2.45) is 5.41 Å². The molecule has 2 aromatic rings. The first-order valence-corrected chi connectivity index (χ1v) is 7.23. The van der Waals surface area contributed by atoms with Gasteiger partial charge in [0.15, 0.2) is 0 Å². The number of nitrogens with zero attached hydrogens (tertiary/aromatic N) is 2. The number of hydrogen-bond donors (Lipinski definition) is 0. The fourth-order valence-electron chi connectivity index (χ4n) is 1.91. The summed E-state index contributed by atoms with van der Waals surface area (Å²) in [7, 11) is 0. The van der Waals surface area contributed by atoms with Gasteiger partial charge in [0.2, 0.25) is 0 Å². The summed E-state index contributed by atoms with van der Waals surface area (Å²) in [6.07, 6.45) is 4.89. The molecule has 2 nitrogen and oxygen atoms in total. The molecule has 0 bridgehead atoms. The minimum atomic E-state index is 0. The van der Waals surface area contributed by atoms with Gasteiger partial charge in [0.05, 0.1) is 0 Å². The van der Waals surface area contributed by atoms with Crippen LogP contribution in [-0.4, -0.2) is 11.5 Å². The van der Waals surface area contributed by atoms with Gasteiger partial charge in [-0.1, -0.05) is 39.0 Å². The van der Waals surface area contributed by atoms with Gasteiger partial charge in [-0.15, -0.1) is 12.2 Å². The molecule has 1 radical (unpaired) electrons. The van der Waals surface area contributed by atoms with Crippen molar-refractivity contribution in [2.75, 3.05) is 6.54 Å². The second kappa shape index (κ2) is 7.69. The first-order chi connectivity index (χ1) is 9.39. The molecule has 0 saturated carbocycles. The predicted octanol–water partition coefficient (Wildman–Crippen LogP) is 5.44. The Bertz CT molecular complexity index is 547. The Hall–Kier alpha value is -0.466. The second-order valence-corrected chi connectivity index (χ2v) is 6.56. The average Bonchev–Trinajstić information content (AvgIpc) is 2.39. The molecule has 3 rings (SSSR count). The van der Waals surface area contributed by atoms with Gasteiger partial charge in [-0.05, 0) is 22.8 Å². The van der Waals surface area contributed by atoms with E-state index in [0.717, 1.165) is 18.7 Å². The van der Waals surface area contributed by atoms with Crippen LogP contribution in [0.5, 0.6) is 0 Å². The van der Waals surface area contributed by atoms with E-state index in [9.17, 15) is 0 Å². The van der Waals surface area contributed by atoms with E-state index in [0.29, 0.717) is 5.41 Å². The zero-order valence-corrected chi connectivity index (χ0v) is 16.6. The Kier molecular flexibility index (Phi) is 6.81. The van der Waals surface area contributed by atoms with Gasteiger partial charge in [0.1, 0.15) is 0 Å². The molecule has 1 aliphatic heterocycles. The normalized spacial score (nSPS) is 13.0. The molecule has 0 saturated heterocycles. The van der Waals surface area contributed by atoms with Crippen molar-refractivity contribution in [3.63, 3.8) is 0 Å². The Labute approximate surface area is 154 Å². The quantitative estimate of drug-likeness (QED) is 0.577.